The quantitative estimate of drug-likeness (QED) is 0.0441. The van der Waals surface area contributed by atoms with E-state index in [-0.39, 0.29) is 59.5 Å². The molecule has 0 bridgehead atoms. The largest absolute Gasteiger partial charge is 0.493 e. The molecular weight excluding hydrogens is 1110 g/mol. The van der Waals surface area contributed by atoms with Crippen LogP contribution in [0.1, 0.15) is 44.5 Å². The Bertz CT molecular complexity index is 3210. The summed E-state index contributed by atoms with van der Waals surface area (Å²) in [5.74, 6) is 0. The molecule has 1 N–H and O–H groups in total. The highest BCUT2D eigenvalue weighted by molar-refractivity contribution is 5.20. The van der Waals surface area contributed by atoms with Gasteiger partial charge in [-0.15, -0.1) is 0 Å². The van der Waals surface area contributed by atoms with Crippen LogP contribution in [0, 0.1) is 0 Å². The summed E-state index contributed by atoms with van der Waals surface area (Å²) in [6.45, 7) is 1.94. The predicted molar refractivity (Wildman–Crippen MR) is 330 cm³/mol. The molecule has 0 amide bonds. The fourth-order valence-electron chi connectivity index (χ4n) is 11.0. The lowest BCUT2D eigenvalue weighted by atomic mass is 9.95. The van der Waals surface area contributed by atoms with Crippen molar-refractivity contribution in [3.05, 3.63) is 300 Å². The van der Waals surface area contributed by atoms with Crippen LogP contribution in [0.25, 0.3) is 0 Å². The van der Waals surface area contributed by atoms with Crippen molar-refractivity contribution in [2.24, 2.45) is 0 Å². The smallest absolute Gasteiger partial charge is 0.187 e. The Balaban J connectivity index is 0.974. The number of rotatable bonds is 31. The zero-order chi connectivity index (χ0) is 59.8. The Labute approximate surface area is 516 Å². The van der Waals surface area contributed by atoms with E-state index in [0.717, 1.165) is 44.5 Å². The van der Waals surface area contributed by atoms with Crippen molar-refractivity contribution in [3.8, 4) is 0 Å². The van der Waals surface area contributed by atoms with Gasteiger partial charge in [0.2, 0.25) is 0 Å². The average Bonchev–Trinajstić information content (AvgIpc) is 1.86. The summed E-state index contributed by atoms with van der Waals surface area (Å²) < 4.78 is 90.2. The molecule has 0 saturated carbocycles. The Hall–Kier alpha value is -7.22. The van der Waals surface area contributed by atoms with Gasteiger partial charge < -0.3 is 66.7 Å². The van der Waals surface area contributed by atoms with E-state index in [1.807, 2.05) is 249 Å². The van der Waals surface area contributed by atoms with Gasteiger partial charge >= 0.3 is 0 Å². The van der Waals surface area contributed by atoms with E-state index in [9.17, 15) is 5.11 Å². The number of aliphatic hydroxyl groups excluding tert-OH is 1. The molecule has 0 radical (unpaired) electrons. The second-order valence-electron chi connectivity index (χ2n) is 22.1. The second kappa shape index (κ2) is 33.4. The molecule has 0 aliphatic carbocycles. The molecule has 8 aromatic carbocycles. The summed E-state index contributed by atoms with van der Waals surface area (Å²) in [5.41, 5.74) is 7.55. The van der Waals surface area contributed by atoms with Crippen molar-refractivity contribution in [3.63, 3.8) is 0 Å². The molecule has 8 aromatic rings. The van der Waals surface area contributed by atoms with Gasteiger partial charge in [-0.2, -0.15) is 0 Å². The SMILES string of the molecule is O[C@H]1[C@@H](OCc2ccccc2)[C@@H](COCc2ccccc2)O[C@H](O[C@@H]2[C@H](OCc3ccccc3)[C@@H](OCc3ccccc3)[C@H](O[C@H]3[C@H](OCc4ccccc4)C=CO[C@@H]3COCc3ccccc3)O[C@@H]2COCc2ccccc2)[C@@H]1OCc1ccccc1. The molecule has 2 fully saturated rings. The molecule has 2 saturated heterocycles. The van der Waals surface area contributed by atoms with Crippen LogP contribution in [-0.4, -0.2) is 105 Å². The van der Waals surface area contributed by atoms with Gasteiger partial charge in [-0.1, -0.05) is 243 Å². The minimum Gasteiger partial charge on any atom is -0.493 e. The Morgan fingerprint density at radius 3 is 0.977 bits per heavy atom. The number of benzene rings is 8. The van der Waals surface area contributed by atoms with E-state index in [2.05, 4.69) is 0 Å². The molecule has 3 heterocycles. The maximum atomic E-state index is 13.0. The molecule has 0 spiro atoms. The van der Waals surface area contributed by atoms with Gasteiger partial charge in [0, 0.05) is 0 Å². The van der Waals surface area contributed by atoms with E-state index in [0.29, 0.717) is 13.2 Å². The van der Waals surface area contributed by atoms with Crippen molar-refractivity contribution in [1.82, 2.24) is 0 Å². The Morgan fingerprint density at radius 1 is 0.284 bits per heavy atom. The van der Waals surface area contributed by atoms with Gasteiger partial charge in [-0.25, -0.2) is 0 Å². The van der Waals surface area contributed by atoms with E-state index >= 15 is 0 Å². The predicted octanol–water partition coefficient (Wildman–Crippen LogP) is 12.1. The van der Waals surface area contributed by atoms with Crippen molar-refractivity contribution in [2.75, 3.05) is 19.8 Å². The molecule has 0 aromatic heterocycles. The van der Waals surface area contributed by atoms with E-state index < -0.39 is 79.7 Å². The Morgan fingerprint density at radius 2 is 0.580 bits per heavy atom. The zero-order valence-corrected chi connectivity index (χ0v) is 49.3. The van der Waals surface area contributed by atoms with Gasteiger partial charge in [0.05, 0.1) is 78.9 Å². The van der Waals surface area contributed by atoms with Crippen molar-refractivity contribution in [1.29, 1.82) is 0 Å². The molecule has 3 aliphatic heterocycles. The van der Waals surface area contributed by atoms with Gasteiger partial charge in [-0.3, -0.25) is 0 Å². The lowest BCUT2D eigenvalue weighted by molar-refractivity contribution is -0.382. The van der Waals surface area contributed by atoms with Crippen molar-refractivity contribution >= 4 is 0 Å². The molecule has 88 heavy (non-hydrogen) atoms. The van der Waals surface area contributed by atoms with E-state index in [4.69, 9.17) is 61.6 Å². The Kier molecular flexibility index (Phi) is 23.7. The number of ether oxygens (including phenoxy) is 13. The first-order valence-corrected chi connectivity index (χ1v) is 30.3. The monoisotopic (exact) mass is 1190 g/mol. The van der Waals surface area contributed by atoms with Crippen molar-refractivity contribution in [2.45, 2.75) is 133 Å². The number of aliphatic hydroxyl groups is 1. The van der Waals surface area contributed by atoms with Crippen LogP contribution in [-0.2, 0) is 114 Å². The summed E-state index contributed by atoms with van der Waals surface area (Å²) in [7, 11) is 0. The number of hydrogen-bond acceptors (Lipinski definition) is 14. The maximum absolute atomic E-state index is 13.0. The van der Waals surface area contributed by atoms with Gasteiger partial charge in [0.25, 0.3) is 0 Å². The standard InChI is InChI=1S/C74H78O14/c75-66-68(81-47-58-33-17-5-18-34-58)64(52-77-44-55-27-11-2-12-28-55)85-73(70(66)82-48-59-35-19-6-20-36-59)88-69-65(53-78-45-56-29-13-3-14-30-56)86-74(72(84-50-61-39-23-8-24-40-61)71(69)83-49-60-37-21-7-22-38-60)87-67-62(80-46-57-31-15-4-16-32-57)41-42-79-63(67)51-76-43-54-25-9-1-10-26-54/h1-42,62-75H,43-53H2/t62-,63-,64-,65-,66+,67+,68+,69+,70-,71+,72-,73-,74+/m1/s1. The normalized spacial score (nSPS) is 25.2. The third kappa shape index (κ3) is 18.2. The minimum atomic E-state index is -1.30. The molecule has 14 heteroatoms. The molecule has 0 unspecified atom stereocenters. The van der Waals surface area contributed by atoms with E-state index in [1.54, 1.807) is 6.26 Å². The van der Waals surface area contributed by atoms with Crippen molar-refractivity contribution < 1.29 is 66.7 Å². The highest BCUT2D eigenvalue weighted by Crippen LogP contribution is 2.38. The zero-order valence-electron chi connectivity index (χ0n) is 49.3. The first-order chi connectivity index (χ1) is 43.6. The molecule has 458 valence electrons. The van der Waals surface area contributed by atoms with Crippen LogP contribution >= 0.6 is 0 Å². The minimum absolute atomic E-state index is 0.00805. The van der Waals surface area contributed by atoms with Crippen LogP contribution in [0.3, 0.4) is 0 Å². The maximum Gasteiger partial charge on any atom is 0.187 e. The average molecular weight is 1190 g/mol. The molecule has 13 atom stereocenters. The summed E-state index contributed by atoms with van der Waals surface area (Å²) in [6, 6.07) is 79.3. The van der Waals surface area contributed by atoms with Crippen LogP contribution in [0.2, 0.25) is 0 Å². The van der Waals surface area contributed by atoms with Crippen LogP contribution in [0.15, 0.2) is 255 Å². The summed E-state index contributed by atoms with van der Waals surface area (Å²) in [5, 5.41) is 13.0. The first kappa shape index (κ1) is 62.4. The molecule has 11 rings (SSSR count). The second-order valence-corrected chi connectivity index (χ2v) is 22.1. The molecule has 14 nitrogen and oxygen atoms in total. The summed E-state index contributed by atoms with van der Waals surface area (Å²) in [4.78, 5) is 0. The number of hydrogen-bond donors (Lipinski definition) is 1. The van der Waals surface area contributed by atoms with Crippen LogP contribution in [0.5, 0.6) is 0 Å². The topological polar surface area (TPSA) is 140 Å². The third-order valence-corrected chi connectivity index (χ3v) is 15.6. The lowest BCUT2D eigenvalue weighted by Gasteiger charge is -2.50. The fraction of sp³-hybridized carbons (Fsp3) is 0.324. The lowest BCUT2D eigenvalue weighted by Crippen LogP contribution is -2.67. The highest BCUT2D eigenvalue weighted by Gasteiger charge is 2.55. The summed E-state index contributed by atoms with van der Waals surface area (Å²) in [6.07, 6.45) is -9.28. The van der Waals surface area contributed by atoms with Crippen LogP contribution < -0.4 is 0 Å². The fourth-order valence-corrected chi connectivity index (χ4v) is 11.0. The first-order valence-electron chi connectivity index (χ1n) is 30.3. The van der Waals surface area contributed by atoms with Gasteiger partial charge in [0.15, 0.2) is 18.7 Å². The van der Waals surface area contributed by atoms with Crippen LogP contribution in [0.4, 0.5) is 0 Å². The summed E-state index contributed by atoms with van der Waals surface area (Å²) >= 11 is 0. The molecular formula is C74H78O14. The third-order valence-electron chi connectivity index (χ3n) is 15.6. The molecule has 3 aliphatic rings. The van der Waals surface area contributed by atoms with Gasteiger partial charge in [-0.05, 0) is 50.6 Å². The van der Waals surface area contributed by atoms with Gasteiger partial charge in [0.1, 0.15) is 61.0 Å². The highest BCUT2D eigenvalue weighted by atomic mass is 16.8. The van der Waals surface area contributed by atoms with E-state index in [1.165, 1.54) is 0 Å².